The minimum Gasteiger partial charge on any atom is -0.492 e. The molecule has 1 saturated carbocycles. The molecule has 0 bridgehead atoms. The Bertz CT molecular complexity index is 487. The number of hydrogen-bond donors (Lipinski definition) is 2. The topological polar surface area (TPSA) is 50.4 Å². The van der Waals surface area contributed by atoms with E-state index in [1.54, 1.807) is 0 Å². The van der Waals surface area contributed by atoms with Crippen LogP contribution in [0.2, 0.25) is 0 Å². The molecule has 0 saturated heterocycles. The van der Waals surface area contributed by atoms with Gasteiger partial charge in [-0.3, -0.25) is 4.79 Å². The van der Waals surface area contributed by atoms with Gasteiger partial charge in [-0.15, -0.1) is 0 Å². The number of carbonyl (C=O) groups excluding carboxylic acids is 1. The summed E-state index contributed by atoms with van der Waals surface area (Å²) in [6, 6.07) is 4.48. The molecule has 20 heavy (non-hydrogen) atoms. The van der Waals surface area contributed by atoms with Crippen LogP contribution in [0.15, 0.2) is 16.6 Å². The van der Waals surface area contributed by atoms with Gasteiger partial charge in [0, 0.05) is 22.6 Å². The van der Waals surface area contributed by atoms with E-state index in [2.05, 4.69) is 26.6 Å². The van der Waals surface area contributed by atoms with Gasteiger partial charge >= 0.3 is 0 Å². The average molecular weight is 341 g/mol. The van der Waals surface area contributed by atoms with Crippen LogP contribution in [0.3, 0.4) is 0 Å². The zero-order chi connectivity index (χ0) is 14.5. The van der Waals surface area contributed by atoms with Crippen LogP contribution in [0.25, 0.3) is 0 Å². The Hall–Kier alpha value is -1.07. The largest absolute Gasteiger partial charge is 0.492 e. The number of benzene rings is 1. The van der Waals surface area contributed by atoms with Crippen molar-refractivity contribution < 1.29 is 9.53 Å². The number of carbonyl (C=O) groups is 1. The molecule has 1 aliphatic rings. The summed E-state index contributed by atoms with van der Waals surface area (Å²) in [7, 11) is 1.91. The van der Waals surface area contributed by atoms with E-state index in [1.165, 1.54) is 0 Å². The summed E-state index contributed by atoms with van der Waals surface area (Å²) in [6.07, 6.45) is 2.64. The summed E-state index contributed by atoms with van der Waals surface area (Å²) in [4.78, 5) is 11.6. The fourth-order valence-corrected chi connectivity index (χ4v) is 2.72. The first kappa shape index (κ1) is 15.3. The number of aryl methyl sites for hydroxylation is 1. The van der Waals surface area contributed by atoms with Crippen LogP contribution in [0.4, 0.5) is 0 Å². The highest BCUT2D eigenvalue weighted by Gasteiger charge is 2.23. The van der Waals surface area contributed by atoms with Crippen molar-refractivity contribution in [2.24, 2.45) is 0 Å². The maximum absolute atomic E-state index is 11.6. The number of halogens is 1. The lowest BCUT2D eigenvalue weighted by Gasteiger charge is -2.15. The van der Waals surface area contributed by atoms with Gasteiger partial charge in [-0.2, -0.15) is 0 Å². The van der Waals surface area contributed by atoms with Gasteiger partial charge in [-0.1, -0.05) is 15.9 Å². The lowest BCUT2D eigenvalue weighted by molar-refractivity contribution is -0.121. The summed E-state index contributed by atoms with van der Waals surface area (Å²) >= 11 is 3.50. The van der Waals surface area contributed by atoms with Crippen molar-refractivity contribution in [2.45, 2.75) is 38.8 Å². The number of amides is 1. The Labute approximate surface area is 128 Å². The van der Waals surface area contributed by atoms with Crippen LogP contribution >= 0.6 is 15.9 Å². The molecule has 0 atom stereocenters. The van der Waals surface area contributed by atoms with E-state index in [4.69, 9.17) is 4.74 Å². The molecular weight excluding hydrogens is 320 g/mol. The van der Waals surface area contributed by atoms with Gasteiger partial charge in [0.05, 0.1) is 13.0 Å². The molecule has 1 aromatic rings. The summed E-state index contributed by atoms with van der Waals surface area (Å²) in [6.45, 7) is 3.17. The number of hydrogen-bond acceptors (Lipinski definition) is 3. The minimum absolute atomic E-state index is 0.0810. The van der Waals surface area contributed by atoms with Crippen LogP contribution in [-0.2, 0) is 11.3 Å². The van der Waals surface area contributed by atoms with E-state index >= 15 is 0 Å². The maximum Gasteiger partial charge on any atom is 0.223 e. The Kier molecular flexibility index (Phi) is 5.43. The molecule has 1 aliphatic carbocycles. The van der Waals surface area contributed by atoms with Crippen molar-refractivity contribution in [3.05, 3.63) is 27.7 Å². The molecule has 2 rings (SSSR count). The Morgan fingerprint density at radius 1 is 1.45 bits per heavy atom. The van der Waals surface area contributed by atoms with Crippen molar-refractivity contribution in [1.82, 2.24) is 10.6 Å². The van der Waals surface area contributed by atoms with E-state index in [-0.39, 0.29) is 5.91 Å². The van der Waals surface area contributed by atoms with Crippen LogP contribution in [0.5, 0.6) is 5.75 Å². The number of rotatable bonds is 7. The lowest BCUT2D eigenvalue weighted by atomic mass is 10.1. The minimum atomic E-state index is 0.0810. The van der Waals surface area contributed by atoms with Gasteiger partial charge < -0.3 is 15.4 Å². The van der Waals surface area contributed by atoms with E-state index in [0.717, 1.165) is 40.7 Å². The summed E-state index contributed by atoms with van der Waals surface area (Å²) < 4.78 is 6.87. The van der Waals surface area contributed by atoms with E-state index in [1.807, 2.05) is 26.1 Å². The molecule has 4 nitrogen and oxygen atoms in total. The smallest absolute Gasteiger partial charge is 0.223 e. The third kappa shape index (κ3) is 4.49. The molecule has 0 unspecified atom stereocenters. The maximum atomic E-state index is 11.6. The molecule has 1 aromatic carbocycles. The number of nitrogens with one attached hydrogen (secondary N) is 2. The molecule has 1 amide bonds. The highest BCUT2D eigenvalue weighted by atomic mass is 79.9. The Balaban J connectivity index is 1.91. The second-order valence-electron chi connectivity index (χ2n) is 5.18. The van der Waals surface area contributed by atoms with Crippen molar-refractivity contribution in [3.8, 4) is 5.75 Å². The van der Waals surface area contributed by atoms with Gasteiger partial charge in [0.2, 0.25) is 5.91 Å². The second kappa shape index (κ2) is 7.09. The molecule has 5 heteroatoms. The molecular formula is C15H21BrN2O2. The summed E-state index contributed by atoms with van der Waals surface area (Å²) in [5.74, 6) is 0.958. The molecule has 0 aromatic heterocycles. The molecule has 2 N–H and O–H groups in total. The Morgan fingerprint density at radius 2 is 2.20 bits per heavy atom. The van der Waals surface area contributed by atoms with E-state index in [0.29, 0.717) is 19.1 Å². The molecule has 0 aliphatic heterocycles. The van der Waals surface area contributed by atoms with E-state index < -0.39 is 0 Å². The highest BCUT2D eigenvalue weighted by molar-refractivity contribution is 9.10. The summed E-state index contributed by atoms with van der Waals surface area (Å²) in [5, 5.41) is 6.10. The first-order chi connectivity index (χ1) is 9.60. The van der Waals surface area contributed by atoms with Crippen LogP contribution in [0, 0.1) is 6.92 Å². The van der Waals surface area contributed by atoms with Gasteiger partial charge in [0.1, 0.15) is 5.75 Å². The third-order valence-electron chi connectivity index (χ3n) is 3.20. The second-order valence-corrected chi connectivity index (χ2v) is 6.10. The predicted molar refractivity (Wildman–Crippen MR) is 82.9 cm³/mol. The highest BCUT2D eigenvalue weighted by Crippen LogP contribution is 2.28. The zero-order valence-corrected chi connectivity index (χ0v) is 13.5. The standard InChI is InChI=1S/C15H21BrN2O2/c1-10-7-12(16)8-11(9-17-2)15(10)20-6-5-14(19)18-13-3-4-13/h7-8,13,17H,3-6,9H2,1-2H3,(H,18,19). The molecule has 110 valence electrons. The van der Waals surface area contributed by atoms with Crippen LogP contribution in [-0.4, -0.2) is 25.6 Å². The van der Waals surface area contributed by atoms with Crippen molar-refractivity contribution in [3.63, 3.8) is 0 Å². The molecule has 0 heterocycles. The fourth-order valence-electron chi connectivity index (χ4n) is 2.10. The average Bonchev–Trinajstić information content (AvgIpc) is 3.16. The van der Waals surface area contributed by atoms with Crippen molar-refractivity contribution in [2.75, 3.05) is 13.7 Å². The SMILES string of the molecule is CNCc1cc(Br)cc(C)c1OCCC(=O)NC1CC1. The van der Waals surface area contributed by atoms with Gasteiger partial charge in [0.25, 0.3) is 0 Å². The van der Waals surface area contributed by atoms with Gasteiger partial charge in [0.15, 0.2) is 0 Å². The molecule has 0 radical (unpaired) electrons. The third-order valence-corrected chi connectivity index (χ3v) is 3.66. The van der Waals surface area contributed by atoms with Crippen molar-refractivity contribution >= 4 is 21.8 Å². The quantitative estimate of drug-likeness (QED) is 0.801. The normalized spacial score (nSPS) is 14.2. The first-order valence-electron chi connectivity index (χ1n) is 6.96. The van der Waals surface area contributed by atoms with Crippen LogP contribution in [0.1, 0.15) is 30.4 Å². The fraction of sp³-hybridized carbons (Fsp3) is 0.533. The Morgan fingerprint density at radius 3 is 2.85 bits per heavy atom. The zero-order valence-electron chi connectivity index (χ0n) is 12.0. The summed E-state index contributed by atoms with van der Waals surface area (Å²) in [5.41, 5.74) is 2.18. The van der Waals surface area contributed by atoms with E-state index in [9.17, 15) is 4.79 Å². The number of ether oxygens (including phenoxy) is 1. The monoisotopic (exact) mass is 340 g/mol. The van der Waals surface area contributed by atoms with Gasteiger partial charge in [-0.25, -0.2) is 0 Å². The molecule has 0 spiro atoms. The predicted octanol–water partition coefficient (Wildman–Crippen LogP) is 2.52. The van der Waals surface area contributed by atoms with Crippen molar-refractivity contribution in [1.29, 1.82) is 0 Å². The lowest BCUT2D eigenvalue weighted by Crippen LogP contribution is -2.26. The van der Waals surface area contributed by atoms with Crippen LogP contribution < -0.4 is 15.4 Å². The van der Waals surface area contributed by atoms with Gasteiger partial charge in [-0.05, 0) is 44.5 Å². The first-order valence-corrected chi connectivity index (χ1v) is 7.75. The molecule has 1 fully saturated rings.